The van der Waals surface area contributed by atoms with Crippen LogP contribution in [0.3, 0.4) is 0 Å². The molecule has 1 unspecified atom stereocenters. The number of aryl methyl sites for hydroxylation is 1. The Balaban J connectivity index is 1.49. The molecule has 0 spiro atoms. The quantitative estimate of drug-likeness (QED) is 0.482. The second-order valence-electron chi connectivity index (χ2n) is 8.48. The first kappa shape index (κ1) is 22.3. The first-order chi connectivity index (χ1) is 14.9. The molecule has 2 aliphatic rings. The van der Waals surface area contributed by atoms with E-state index < -0.39 is 9.84 Å². The lowest BCUT2D eigenvalue weighted by Crippen LogP contribution is -2.49. The summed E-state index contributed by atoms with van der Waals surface area (Å²) in [7, 11) is -3.05. The number of benzene rings is 1. The number of hydrogen-bond acceptors (Lipinski definition) is 6. The van der Waals surface area contributed by atoms with E-state index in [1.165, 1.54) is 18.2 Å². The molecule has 4 rings (SSSR count). The normalized spacial score (nSPS) is 21.1. The van der Waals surface area contributed by atoms with Crippen LogP contribution >= 0.6 is 11.8 Å². The maximum Gasteiger partial charge on any atom is 0.233 e. The summed E-state index contributed by atoms with van der Waals surface area (Å²) in [6.07, 6.45) is 5.87. The molecule has 2 fully saturated rings. The number of carbonyl (C=O) groups is 1. The summed E-state index contributed by atoms with van der Waals surface area (Å²) >= 11 is 1.34. The van der Waals surface area contributed by atoms with Crippen LogP contribution in [0.4, 0.5) is 0 Å². The van der Waals surface area contributed by atoms with Gasteiger partial charge in [0, 0.05) is 23.3 Å². The molecule has 1 saturated heterocycles. The summed E-state index contributed by atoms with van der Waals surface area (Å²) in [6.45, 7) is 1.93. The summed E-state index contributed by atoms with van der Waals surface area (Å²) in [4.78, 5) is 24.4. The standard InChI is InChI=1S/C23H29N3O3S2/c1-17-14-21(18-8-4-2-5-9-18)25-23(24-17)30-15-22(27)26(19-10-6-3-7-11-19)20-12-13-31(28,29)16-20/h2,4-5,8-9,14,19-20H,3,6-7,10-13,15-16H2,1H3. The van der Waals surface area contributed by atoms with Crippen LogP contribution in [0.2, 0.25) is 0 Å². The molecular weight excluding hydrogens is 430 g/mol. The molecule has 1 amide bonds. The Hall–Kier alpha value is -1.93. The zero-order valence-electron chi connectivity index (χ0n) is 17.9. The number of rotatable bonds is 6. The number of hydrogen-bond donors (Lipinski definition) is 0. The molecule has 1 aliphatic heterocycles. The summed E-state index contributed by atoms with van der Waals surface area (Å²) in [5.74, 6) is 0.511. The molecule has 0 N–H and O–H groups in total. The lowest BCUT2D eigenvalue weighted by atomic mass is 9.93. The first-order valence-corrected chi connectivity index (χ1v) is 13.8. The van der Waals surface area contributed by atoms with E-state index in [1.54, 1.807) is 0 Å². The van der Waals surface area contributed by atoms with Gasteiger partial charge in [0.2, 0.25) is 5.91 Å². The molecule has 1 aliphatic carbocycles. The predicted octanol–water partition coefficient (Wildman–Crippen LogP) is 3.89. The molecule has 0 radical (unpaired) electrons. The fourth-order valence-electron chi connectivity index (χ4n) is 4.62. The van der Waals surface area contributed by atoms with Gasteiger partial charge in [-0.05, 0) is 32.3 Å². The van der Waals surface area contributed by atoms with Gasteiger partial charge >= 0.3 is 0 Å². The van der Waals surface area contributed by atoms with Gasteiger partial charge in [-0.15, -0.1) is 0 Å². The second-order valence-corrected chi connectivity index (χ2v) is 11.7. The molecule has 1 saturated carbocycles. The largest absolute Gasteiger partial charge is 0.335 e. The first-order valence-electron chi connectivity index (χ1n) is 11.0. The Kier molecular flexibility index (Phi) is 6.96. The minimum atomic E-state index is -3.05. The van der Waals surface area contributed by atoms with Crippen molar-refractivity contribution in [1.29, 1.82) is 0 Å². The zero-order chi connectivity index (χ0) is 21.8. The maximum atomic E-state index is 13.3. The van der Waals surface area contributed by atoms with Crippen LogP contribution in [0.15, 0.2) is 41.6 Å². The van der Waals surface area contributed by atoms with Gasteiger partial charge in [0.1, 0.15) is 0 Å². The van der Waals surface area contributed by atoms with Gasteiger partial charge in [-0.2, -0.15) is 0 Å². The molecule has 1 atom stereocenters. The molecule has 166 valence electrons. The summed E-state index contributed by atoms with van der Waals surface area (Å²) in [5, 5.41) is 0.579. The van der Waals surface area contributed by atoms with E-state index in [0.29, 0.717) is 11.6 Å². The number of aromatic nitrogens is 2. The van der Waals surface area contributed by atoms with Gasteiger partial charge in [0.15, 0.2) is 15.0 Å². The van der Waals surface area contributed by atoms with E-state index in [1.807, 2.05) is 48.2 Å². The lowest BCUT2D eigenvalue weighted by molar-refractivity contribution is -0.133. The van der Waals surface area contributed by atoms with Crippen molar-refractivity contribution in [3.05, 3.63) is 42.1 Å². The smallest absolute Gasteiger partial charge is 0.233 e. The van der Waals surface area contributed by atoms with E-state index in [2.05, 4.69) is 9.97 Å². The van der Waals surface area contributed by atoms with Crippen LogP contribution < -0.4 is 0 Å². The van der Waals surface area contributed by atoms with Gasteiger partial charge in [-0.25, -0.2) is 18.4 Å². The van der Waals surface area contributed by atoms with Crippen molar-refractivity contribution >= 4 is 27.5 Å². The highest BCUT2D eigenvalue weighted by Gasteiger charge is 2.38. The van der Waals surface area contributed by atoms with E-state index in [4.69, 9.17) is 0 Å². The van der Waals surface area contributed by atoms with Crippen LogP contribution in [-0.4, -0.2) is 58.5 Å². The Morgan fingerprint density at radius 3 is 2.48 bits per heavy atom. The number of amides is 1. The molecular formula is C23H29N3O3S2. The number of nitrogens with zero attached hydrogens (tertiary/aromatic N) is 3. The van der Waals surface area contributed by atoms with Crippen molar-refractivity contribution in [2.45, 2.75) is 62.7 Å². The topological polar surface area (TPSA) is 80.2 Å². The Bertz CT molecular complexity index is 1020. The lowest BCUT2D eigenvalue weighted by Gasteiger charge is -2.38. The number of thioether (sulfide) groups is 1. The highest BCUT2D eigenvalue weighted by atomic mass is 32.2. The van der Waals surface area contributed by atoms with Gasteiger partial charge in [-0.3, -0.25) is 4.79 Å². The Morgan fingerprint density at radius 2 is 1.81 bits per heavy atom. The van der Waals surface area contributed by atoms with E-state index >= 15 is 0 Å². The van der Waals surface area contributed by atoms with Crippen LogP contribution in [0.1, 0.15) is 44.2 Å². The molecule has 2 heterocycles. The third-order valence-corrected chi connectivity index (χ3v) is 8.67. The van der Waals surface area contributed by atoms with Crippen LogP contribution in [0.5, 0.6) is 0 Å². The molecule has 0 bridgehead atoms. The van der Waals surface area contributed by atoms with Crippen LogP contribution in [0, 0.1) is 6.92 Å². The van der Waals surface area contributed by atoms with Gasteiger partial charge in [-0.1, -0.05) is 61.4 Å². The molecule has 6 nitrogen and oxygen atoms in total. The Labute approximate surface area is 188 Å². The fourth-order valence-corrected chi connectivity index (χ4v) is 7.11. The van der Waals surface area contributed by atoms with Gasteiger partial charge in [0.05, 0.1) is 23.0 Å². The molecule has 2 aromatic rings. The average molecular weight is 460 g/mol. The van der Waals surface area contributed by atoms with Crippen molar-refractivity contribution in [2.24, 2.45) is 0 Å². The van der Waals surface area contributed by atoms with Crippen molar-refractivity contribution in [2.75, 3.05) is 17.3 Å². The summed E-state index contributed by atoms with van der Waals surface area (Å²) in [6, 6.07) is 11.8. The van der Waals surface area contributed by atoms with Crippen molar-refractivity contribution in [3.63, 3.8) is 0 Å². The average Bonchev–Trinajstić information content (AvgIpc) is 3.12. The molecule has 1 aromatic heterocycles. The third-order valence-electron chi connectivity index (χ3n) is 6.09. The second kappa shape index (κ2) is 9.69. The minimum Gasteiger partial charge on any atom is -0.335 e. The SMILES string of the molecule is Cc1cc(-c2ccccc2)nc(SCC(=O)N(C2CCCCC2)C2CCS(=O)(=O)C2)n1. The van der Waals surface area contributed by atoms with Crippen molar-refractivity contribution < 1.29 is 13.2 Å². The maximum absolute atomic E-state index is 13.3. The predicted molar refractivity (Wildman–Crippen MR) is 124 cm³/mol. The Morgan fingerprint density at radius 1 is 1.06 bits per heavy atom. The molecule has 1 aromatic carbocycles. The summed E-state index contributed by atoms with van der Waals surface area (Å²) < 4.78 is 24.2. The molecule has 31 heavy (non-hydrogen) atoms. The van der Waals surface area contributed by atoms with Crippen LogP contribution in [0.25, 0.3) is 11.3 Å². The van der Waals surface area contributed by atoms with Gasteiger partial charge in [0.25, 0.3) is 0 Å². The van der Waals surface area contributed by atoms with E-state index in [9.17, 15) is 13.2 Å². The fraction of sp³-hybridized carbons (Fsp3) is 0.522. The minimum absolute atomic E-state index is 0.00497. The summed E-state index contributed by atoms with van der Waals surface area (Å²) in [5.41, 5.74) is 2.71. The van der Waals surface area contributed by atoms with Crippen molar-refractivity contribution in [1.82, 2.24) is 14.9 Å². The number of carbonyl (C=O) groups excluding carboxylic acids is 1. The highest BCUT2D eigenvalue weighted by Crippen LogP contribution is 2.30. The van der Waals surface area contributed by atoms with Gasteiger partial charge < -0.3 is 4.90 Å². The van der Waals surface area contributed by atoms with E-state index in [0.717, 1.165) is 42.6 Å². The van der Waals surface area contributed by atoms with E-state index in [-0.39, 0.29) is 35.2 Å². The van der Waals surface area contributed by atoms with Crippen molar-refractivity contribution in [3.8, 4) is 11.3 Å². The molecule has 8 heteroatoms. The number of sulfone groups is 1. The highest BCUT2D eigenvalue weighted by molar-refractivity contribution is 7.99. The monoisotopic (exact) mass is 459 g/mol. The van der Waals surface area contributed by atoms with Crippen LogP contribution in [-0.2, 0) is 14.6 Å². The third kappa shape index (κ3) is 5.66. The zero-order valence-corrected chi connectivity index (χ0v) is 19.5.